The van der Waals surface area contributed by atoms with Gasteiger partial charge in [-0.2, -0.15) is 0 Å². The zero-order valence-electron chi connectivity index (χ0n) is 12.1. The zero-order chi connectivity index (χ0) is 14.8. The lowest BCUT2D eigenvalue weighted by molar-refractivity contribution is 0.0971. The Kier molecular flexibility index (Phi) is 4.34. The van der Waals surface area contributed by atoms with E-state index >= 15 is 0 Å². The molecule has 3 heteroatoms. The van der Waals surface area contributed by atoms with Crippen molar-refractivity contribution in [1.29, 1.82) is 0 Å². The molecule has 2 rings (SSSR count). The lowest BCUT2D eigenvalue weighted by Gasteiger charge is -2.25. The molecule has 20 heavy (non-hydrogen) atoms. The molecule has 2 aromatic rings. The van der Waals surface area contributed by atoms with Crippen LogP contribution in [0.3, 0.4) is 0 Å². The lowest BCUT2D eigenvalue weighted by Crippen LogP contribution is -2.18. The molecule has 0 N–H and O–H groups in total. The summed E-state index contributed by atoms with van der Waals surface area (Å²) in [6.07, 6.45) is 2.86. The minimum atomic E-state index is -0.0576. The molecule has 106 valence electrons. The van der Waals surface area contributed by atoms with Gasteiger partial charge in [-0.05, 0) is 42.5 Å². The summed E-state index contributed by atoms with van der Waals surface area (Å²) < 4.78 is 5.18. The topological polar surface area (TPSA) is 30.2 Å². The summed E-state index contributed by atoms with van der Waals surface area (Å²) in [5.74, 6) is 0.831. The molecule has 0 saturated carbocycles. The molecule has 1 aromatic heterocycles. The van der Waals surface area contributed by atoms with Gasteiger partial charge in [0, 0.05) is 11.4 Å². The van der Waals surface area contributed by atoms with Crippen LogP contribution in [0.4, 0.5) is 0 Å². The Bertz CT molecular complexity index is 594. The molecule has 0 aliphatic heterocycles. The Hall–Kier alpha value is -1.54. The number of halogens is 1. The molecular formula is C17H19ClO2. The van der Waals surface area contributed by atoms with Crippen LogP contribution >= 0.6 is 11.6 Å². The third-order valence-electron chi connectivity index (χ3n) is 3.76. The highest BCUT2D eigenvalue weighted by Crippen LogP contribution is 2.30. The van der Waals surface area contributed by atoms with Gasteiger partial charge in [-0.15, -0.1) is 0 Å². The number of hydrogen-bond donors (Lipinski definition) is 0. The van der Waals surface area contributed by atoms with Crippen LogP contribution in [0, 0.1) is 6.92 Å². The first kappa shape index (κ1) is 14.9. The number of benzene rings is 1. The standard InChI is InChI=1S/C17H19ClO2/c1-12-15(9-11-20-12)16(19)8-10-17(2,3)13-4-6-14(18)7-5-13/h4-7,9,11H,8,10H2,1-3H3. The molecule has 2 nitrogen and oxygen atoms in total. The molecule has 0 fully saturated rings. The molecule has 0 atom stereocenters. The van der Waals surface area contributed by atoms with Gasteiger partial charge in [0.2, 0.25) is 0 Å². The Balaban J connectivity index is 2.04. The second-order valence-corrected chi connectivity index (χ2v) is 6.14. The van der Waals surface area contributed by atoms with Gasteiger partial charge in [0.05, 0.1) is 11.8 Å². The molecule has 1 heterocycles. The number of carbonyl (C=O) groups excluding carboxylic acids is 1. The second kappa shape index (κ2) is 5.84. The quantitative estimate of drug-likeness (QED) is 0.710. The maximum absolute atomic E-state index is 12.2. The number of carbonyl (C=O) groups is 1. The predicted octanol–water partition coefficient (Wildman–Crippen LogP) is 5.18. The Morgan fingerprint density at radius 2 is 1.85 bits per heavy atom. The molecular weight excluding hydrogens is 272 g/mol. The monoisotopic (exact) mass is 290 g/mol. The average molecular weight is 291 g/mol. The fourth-order valence-corrected chi connectivity index (χ4v) is 2.41. The van der Waals surface area contributed by atoms with Gasteiger partial charge in [-0.25, -0.2) is 0 Å². The third kappa shape index (κ3) is 3.31. The first-order valence-electron chi connectivity index (χ1n) is 6.73. The van der Waals surface area contributed by atoms with E-state index in [9.17, 15) is 4.79 Å². The van der Waals surface area contributed by atoms with Gasteiger partial charge < -0.3 is 4.42 Å². The van der Waals surface area contributed by atoms with E-state index in [0.29, 0.717) is 17.7 Å². The van der Waals surface area contributed by atoms with Crippen LogP contribution in [0.15, 0.2) is 41.0 Å². The maximum Gasteiger partial charge on any atom is 0.166 e. The van der Waals surface area contributed by atoms with Crippen molar-refractivity contribution in [3.05, 3.63) is 58.5 Å². The molecule has 1 aromatic carbocycles. The van der Waals surface area contributed by atoms with Crippen LogP contribution in [0.2, 0.25) is 5.02 Å². The molecule has 0 radical (unpaired) electrons. The van der Waals surface area contributed by atoms with E-state index in [1.165, 1.54) is 5.56 Å². The van der Waals surface area contributed by atoms with Crippen molar-refractivity contribution in [3.8, 4) is 0 Å². The Labute approximate surface area is 124 Å². The molecule has 0 saturated heterocycles. The number of rotatable bonds is 5. The fourth-order valence-electron chi connectivity index (χ4n) is 2.28. The minimum absolute atomic E-state index is 0.0576. The second-order valence-electron chi connectivity index (χ2n) is 5.70. The third-order valence-corrected chi connectivity index (χ3v) is 4.01. The normalized spacial score (nSPS) is 11.6. The summed E-state index contributed by atoms with van der Waals surface area (Å²) in [5.41, 5.74) is 1.83. The summed E-state index contributed by atoms with van der Waals surface area (Å²) in [6, 6.07) is 9.57. The highest BCUT2D eigenvalue weighted by Gasteiger charge is 2.22. The van der Waals surface area contributed by atoms with Gasteiger partial charge in [-0.1, -0.05) is 37.6 Å². The van der Waals surface area contributed by atoms with Crippen molar-refractivity contribution in [1.82, 2.24) is 0 Å². The van der Waals surface area contributed by atoms with Gasteiger partial charge in [-0.3, -0.25) is 4.79 Å². The van der Waals surface area contributed by atoms with E-state index in [-0.39, 0.29) is 11.2 Å². The van der Waals surface area contributed by atoms with Crippen LogP contribution in [-0.4, -0.2) is 5.78 Å². The van der Waals surface area contributed by atoms with E-state index in [2.05, 4.69) is 13.8 Å². The van der Waals surface area contributed by atoms with E-state index < -0.39 is 0 Å². The van der Waals surface area contributed by atoms with Gasteiger partial charge in [0.1, 0.15) is 5.76 Å². The predicted molar refractivity (Wildman–Crippen MR) is 81.5 cm³/mol. The van der Waals surface area contributed by atoms with Gasteiger partial charge in [0.25, 0.3) is 0 Å². The summed E-state index contributed by atoms with van der Waals surface area (Å²) in [4.78, 5) is 12.2. The minimum Gasteiger partial charge on any atom is -0.469 e. The number of Topliss-reactive ketones (excluding diaryl/α,β-unsaturated/α-hetero) is 1. The van der Waals surface area contributed by atoms with Crippen LogP contribution < -0.4 is 0 Å². The molecule has 0 aliphatic rings. The SMILES string of the molecule is Cc1occc1C(=O)CCC(C)(C)c1ccc(Cl)cc1. The van der Waals surface area contributed by atoms with Crippen molar-refractivity contribution < 1.29 is 9.21 Å². The summed E-state index contributed by atoms with van der Waals surface area (Å²) in [7, 11) is 0. The van der Waals surface area contributed by atoms with E-state index in [0.717, 1.165) is 11.4 Å². The number of hydrogen-bond acceptors (Lipinski definition) is 2. The highest BCUT2D eigenvalue weighted by molar-refractivity contribution is 6.30. The van der Waals surface area contributed by atoms with Crippen LogP contribution in [0.1, 0.15) is 48.4 Å². The summed E-state index contributed by atoms with van der Waals surface area (Å²) in [6.45, 7) is 6.11. The Morgan fingerprint density at radius 3 is 2.40 bits per heavy atom. The smallest absolute Gasteiger partial charge is 0.166 e. The summed E-state index contributed by atoms with van der Waals surface area (Å²) in [5, 5.41) is 0.731. The lowest BCUT2D eigenvalue weighted by atomic mass is 9.79. The van der Waals surface area contributed by atoms with Crippen molar-refractivity contribution in [2.75, 3.05) is 0 Å². The molecule has 0 spiro atoms. The van der Waals surface area contributed by atoms with Crippen LogP contribution in [-0.2, 0) is 5.41 Å². The van der Waals surface area contributed by atoms with E-state index in [4.69, 9.17) is 16.0 Å². The largest absolute Gasteiger partial charge is 0.469 e. The van der Waals surface area contributed by atoms with Gasteiger partial charge >= 0.3 is 0 Å². The van der Waals surface area contributed by atoms with E-state index in [1.807, 2.05) is 31.2 Å². The molecule has 0 aliphatic carbocycles. The van der Waals surface area contributed by atoms with Crippen LogP contribution in [0.5, 0.6) is 0 Å². The number of ketones is 1. The van der Waals surface area contributed by atoms with Crippen LogP contribution in [0.25, 0.3) is 0 Å². The van der Waals surface area contributed by atoms with Crippen molar-refractivity contribution in [3.63, 3.8) is 0 Å². The maximum atomic E-state index is 12.2. The number of furan rings is 1. The Morgan fingerprint density at radius 1 is 1.20 bits per heavy atom. The molecule has 0 amide bonds. The van der Waals surface area contributed by atoms with Crippen molar-refractivity contribution in [2.45, 2.75) is 39.0 Å². The van der Waals surface area contributed by atoms with Crippen molar-refractivity contribution in [2.24, 2.45) is 0 Å². The van der Waals surface area contributed by atoms with Gasteiger partial charge in [0.15, 0.2) is 5.78 Å². The molecule has 0 bridgehead atoms. The fraction of sp³-hybridized carbons (Fsp3) is 0.353. The highest BCUT2D eigenvalue weighted by atomic mass is 35.5. The first-order chi connectivity index (χ1) is 9.40. The van der Waals surface area contributed by atoms with Crippen molar-refractivity contribution >= 4 is 17.4 Å². The van der Waals surface area contributed by atoms with E-state index in [1.54, 1.807) is 12.3 Å². The average Bonchev–Trinajstić information content (AvgIpc) is 2.83. The molecule has 0 unspecified atom stereocenters. The summed E-state index contributed by atoms with van der Waals surface area (Å²) >= 11 is 5.91. The first-order valence-corrected chi connectivity index (χ1v) is 7.11. The zero-order valence-corrected chi connectivity index (χ0v) is 12.8. The number of aryl methyl sites for hydroxylation is 1.